The van der Waals surface area contributed by atoms with Crippen LogP contribution in [-0.2, 0) is 9.53 Å². The summed E-state index contributed by atoms with van der Waals surface area (Å²) in [6.45, 7) is 1.55. The Bertz CT molecular complexity index is 538. The topological polar surface area (TPSA) is 58.6 Å². The van der Waals surface area contributed by atoms with E-state index < -0.39 is 0 Å². The maximum Gasteiger partial charge on any atom is 0.253 e. The molecule has 0 aliphatic carbocycles. The van der Waals surface area contributed by atoms with Gasteiger partial charge in [0.2, 0.25) is 5.91 Å². The van der Waals surface area contributed by atoms with E-state index in [-0.39, 0.29) is 18.4 Å². The number of hydrogen-bond donors (Lipinski definition) is 1. The number of carbonyl (C=O) groups is 2. The molecule has 5 heteroatoms. The number of nitrogens with zero attached hydrogens (tertiary/aromatic N) is 1. The predicted octanol–water partition coefficient (Wildman–Crippen LogP) is 1.72. The van der Waals surface area contributed by atoms with Crippen molar-refractivity contribution in [2.45, 2.75) is 31.8 Å². The first-order valence-corrected chi connectivity index (χ1v) is 7.55. The average Bonchev–Trinajstić information content (AvgIpc) is 2.98. The van der Waals surface area contributed by atoms with Crippen LogP contribution in [-0.4, -0.2) is 37.6 Å². The molecule has 1 aromatic carbocycles. The van der Waals surface area contributed by atoms with Crippen LogP contribution in [0.5, 0.6) is 0 Å². The van der Waals surface area contributed by atoms with Gasteiger partial charge in [0.25, 0.3) is 5.91 Å². The van der Waals surface area contributed by atoms with Crippen LogP contribution >= 0.6 is 0 Å². The van der Waals surface area contributed by atoms with Gasteiger partial charge in [-0.15, -0.1) is 0 Å². The Morgan fingerprint density at radius 2 is 2.14 bits per heavy atom. The molecule has 2 heterocycles. The molecule has 1 aromatic rings. The SMILES string of the molecule is O=C1NCC(=O)N(CCCC2CCCO2)c2ccccc21. The number of amides is 2. The molecule has 112 valence electrons. The molecular formula is C16H20N2O3. The Morgan fingerprint density at radius 1 is 1.29 bits per heavy atom. The molecule has 0 radical (unpaired) electrons. The third-order valence-electron chi connectivity index (χ3n) is 4.07. The molecule has 2 amide bonds. The average molecular weight is 288 g/mol. The largest absolute Gasteiger partial charge is 0.378 e. The van der Waals surface area contributed by atoms with Crippen LogP contribution in [0.4, 0.5) is 5.69 Å². The second-order valence-corrected chi connectivity index (χ2v) is 5.52. The van der Waals surface area contributed by atoms with Crippen LogP contribution in [0.1, 0.15) is 36.0 Å². The smallest absolute Gasteiger partial charge is 0.253 e. The Labute approximate surface area is 124 Å². The highest BCUT2D eigenvalue weighted by Crippen LogP contribution is 2.24. The highest BCUT2D eigenvalue weighted by Gasteiger charge is 2.26. The summed E-state index contributed by atoms with van der Waals surface area (Å²) in [5.41, 5.74) is 1.28. The van der Waals surface area contributed by atoms with Crippen LogP contribution in [0.25, 0.3) is 0 Å². The summed E-state index contributed by atoms with van der Waals surface area (Å²) in [7, 11) is 0. The lowest BCUT2D eigenvalue weighted by Gasteiger charge is -2.22. The quantitative estimate of drug-likeness (QED) is 0.918. The van der Waals surface area contributed by atoms with Gasteiger partial charge in [-0.25, -0.2) is 0 Å². The molecule has 1 atom stereocenters. The van der Waals surface area contributed by atoms with Gasteiger partial charge in [-0.3, -0.25) is 9.59 Å². The standard InChI is InChI=1S/C16H20N2O3/c19-15-11-17-16(20)13-7-1-2-8-14(13)18(15)9-3-5-12-6-4-10-21-12/h1-2,7-8,12H,3-6,9-11H2,(H,17,20). The van der Waals surface area contributed by atoms with Crippen LogP contribution in [0.15, 0.2) is 24.3 Å². The Kier molecular flexibility index (Phi) is 4.20. The van der Waals surface area contributed by atoms with Crippen molar-refractivity contribution >= 4 is 17.5 Å². The summed E-state index contributed by atoms with van der Waals surface area (Å²) >= 11 is 0. The number of nitrogens with one attached hydrogen (secondary N) is 1. The van der Waals surface area contributed by atoms with Crippen molar-refractivity contribution < 1.29 is 14.3 Å². The highest BCUT2D eigenvalue weighted by atomic mass is 16.5. The Hall–Kier alpha value is -1.88. The first kappa shape index (κ1) is 14.1. The van der Waals surface area contributed by atoms with Crippen LogP contribution in [0.2, 0.25) is 0 Å². The van der Waals surface area contributed by atoms with Gasteiger partial charge in [-0.1, -0.05) is 12.1 Å². The van der Waals surface area contributed by atoms with Gasteiger partial charge in [-0.2, -0.15) is 0 Å². The zero-order valence-electron chi connectivity index (χ0n) is 12.0. The number of anilines is 1. The van der Waals surface area contributed by atoms with E-state index >= 15 is 0 Å². The number of hydrogen-bond acceptors (Lipinski definition) is 3. The molecule has 21 heavy (non-hydrogen) atoms. The van der Waals surface area contributed by atoms with Gasteiger partial charge in [0.1, 0.15) is 0 Å². The Balaban J connectivity index is 1.71. The first-order valence-electron chi connectivity index (χ1n) is 7.55. The van der Waals surface area contributed by atoms with Gasteiger partial charge >= 0.3 is 0 Å². The first-order chi connectivity index (χ1) is 10.3. The van der Waals surface area contributed by atoms with Crippen molar-refractivity contribution in [2.24, 2.45) is 0 Å². The van der Waals surface area contributed by atoms with Gasteiger partial charge < -0.3 is 15.0 Å². The van der Waals surface area contributed by atoms with Gasteiger partial charge in [0, 0.05) is 13.2 Å². The van der Waals surface area contributed by atoms with E-state index in [1.807, 2.05) is 18.2 Å². The molecule has 0 bridgehead atoms. The van der Waals surface area contributed by atoms with Crippen molar-refractivity contribution in [1.82, 2.24) is 5.32 Å². The number of para-hydroxylation sites is 1. The maximum atomic E-state index is 12.2. The van der Waals surface area contributed by atoms with E-state index in [2.05, 4.69) is 5.32 Å². The fourth-order valence-corrected chi connectivity index (χ4v) is 2.98. The summed E-state index contributed by atoms with van der Waals surface area (Å²) in [6, 6.07) is 7.27. The lowest BCUT2D eigenvalue weighted by molar-refractivity contribution is -0.117. The number of rotatable bonds is 4. The number of carbonyl (C=O) groups excluding carboxylic acids is 2. The normalized spacial score (nSPS) is 21.9. The minimum atomic E-state index is -0.180. The van der Waals surface area contributed by atoms with Crippen molar-refractivity contribution in [3.05, 3.63) is 29.8 Å². The lowest BCUT2D eigenvalue weighted by Crippen LogP contribution is -2.37. The molecular weight excluding hydrogens is 268 g/mol. The molecule has 2 aliphatic rings. The molecule has 1 fully saturated rings. The molecule has 0 aromatic heterocycles. The van der Waals surface area contributed by atoms with Crippen molar-refractivity contribution in [3.8, 4) is 0 Å². The monoisotopic (exact) mass is 288 g/mol. The zero-order valence-corrected chi connectivity index (χ0v) is 12.0. The number of fused-ring (bicyclic) bond motifs is 1. The molecule has 1 saturated heterocycles. The Morgan fingerprint density at radius 3 is 2.95 bits per heavy atom. The van der Waals surface area contributed by atoms with Crippen molar-refractivity contribution in [2.75, 3.05) is 24.6 Å². The molecule has 0 saturated carbocycles. The van der Waals surface area contributed by atoms with Gasteiger partial charge in [0.15, 0.2) is 0 Å². The van der Waals surface area contributed by atoms with Gasteiger partial charge in [-0.05, 0) is 37.8 Å². The minimum Gasteiger partial charge on any atom is -0.378 e. The predicted molar refractivity (Wildman–Crippen MR) is 79.3 cm³/mol. The fourth-order valence-electron chi connectivity index (χ4n) is 2.98. The van der Waals surface area contributed by atoms with Gasteiger partial charge in [0.05, 0.1) is 23.9 Å². The number of benzene rings is 1. The van der Waals surface area contributed by atoms with E-state index in [0.717, 1.165) is 32.3 Å². The van der Waals surface area contributed by atoms with E-state index in [1.165, 1.54) is 0 Å². The fraction of sp³-hybridized carbons (Fsp3) is 0.500. The van der Waals surface area contributed by atoms with Crippen LogP contribution < -0.4 is 10.2 Å². The van der Waals surface area contributed by atoms with Crippen LogP contribution in [0.3, 0.4) is 0 Å². The number of ether oxygens (including phenoxy) is 1. The molecule has 1 unspecified atom stereocenters. The van der Waals surface area contributed by atoms with Crippen LogP contribution in [0, 0.1) is 0 Å². The zero-order chi connectivity index (χ0) is 14.7. The van der Waals surface area contributed by atoms with E-state index in [1.54, 1.807) is 11.0 Å². The van der Waals surface area contributed by atoms with Crippen molar-refractivity contribution in [1.29, 1.82) is 0 Å². The van der Waals surface area contributed by atoms with E-state index in [0.29, 0.717) is 23.9 Å². The summed E-state index contributed by atoms with van der Waals surface area (Å²) in [5.74, 6) is -0.235. The highest BCUT2D eigenvalue weighted by molar-refractivity contribution is 6.09. The molecule has 2 aliphatic heterocycles. The summed E-state index contributed by atoms with van der Waals surface area (Å²) in [6.07, 6.45) is 4.44. The third-order valence-corrected chi connectivity index (χ3v) is 4.07. The van der Waals surface area contributed by atoms with Crippen molar-refractivity contribution in [3.63, 3.8) is 0 Å². The summed E-state index contributed by atoms with van der Waals surface area (Å²) in [5, 5.41) is 2.66. The van der Waals surface area contributed by atoms with E-state index in [4.69, 9.17) is 4.74 Å². The molecule has 0 spiro atoms. The van der Waals surface area contributed by atoms with E-state index in [9.17, 15) is 9.59 Å². The lowest BCUT2D eigenvalue weighted by atomic mass is 10.1. The molecule has 1 N–H and O–H groups in total. The maximum absolute atomic E-state index is 12.2. The minimum absolute atomic E-state index is 0.0550. The molecule has 3 rings (SSSR count). The second-order valence-electron chi connectivity index (χ2n) is 5.52. The summed E-state index contributed by atoms with van der Waals surface area (Å²) in [4.78, 5) is 25.9. The third kappa shape index (κ3) is 3.08. The summed E-state index contributed by atoms with van der Waals surface area (Å²) < 4.78 is 5.61. The second kappa shape index (κ2) is 6.26. The molecule has 5 nitrogen and oxygen atoms in total.